The summed E-state index contributed by atoms with van der Waals surface area (Å²) in [5, 5.41) is 6.53. The summed E-state index contributed by atoms with van der Waals surface area (Å²) in [6.07, 6.45) is 0. The van der Waals surface area contributed by atoms with E-state index in [0.29, 0.717) is 6.04 Å². The van der Waals surface area contributed by atoms with E-state index in [2.05, 4.69) is 51.7 Å². The molecular formula is C12H18N4. The molecule has 1 unspecified atom stereocenters. The standard InChI is InChI=1S/C12H18N4/c1-9-8-13-12(14-9)15-10-4-6-11(7-5-10)16(2)3/h4-7,9H,8H2,1-3H3,(H2,13,14,15). The Morgan fingerprint density at radius 1 is 1.31 bits per heavy atom. The van der Waals surface area contributed by atoms with E-state index >= 15 is 0 Å². The molecule has 0 fully saturated rings. The zero-order valence-electron chi connectivity index (χ0n) is 9.99. The lowest BCUT2D eigenvalue weighted by Gasteiger charge is -2.13. The Balaban J connectivity index is 2.00. The minimum atomic E-state index is 0.434. The molecule has 1 atom stereocenters. The molecule has 0 radical (unpaired) electrons. The third-order valence-electron chi connectivity index (χ3n) is 2.55. The van der Waals surface area contributed by atoms with Gasteiger partial charge >= 0.3 is 0 Å². The van der Waals surface area contributed by atoms with E-state index in [4.69, 9.17) is 0 Å². The van der Waals surface area contributed by atoms with Crippen LogP contribution in [0.25, 0.3) is 0 Å². The number of rotatable bonds is 2. The van der Waals surface area contributed by atoms with Crippen LogP contribution >= 0.6 is 0 Å². The van der Waals surface area contributed by atoms with Crippen LogP contribution in [0.5, 0.6) is 0 Å². The summed E-state index contributed by atoms with van der Waals surface area (Å²) in [6.45, 7) is 2.96. The van der Waals surface area contributed by atoms with Gasteiger partial charge in [0.1, 0.15) is 0 Å². The predicted octanol–water partition coefficient (Wildman–Crippen LogP) is 1.51. The second-order valence-corrected chi connectivity index (χ2v) is 4.30. The van der Waals surface area contributed by atoms with E-state index < -0.39 is 0 Å². The molecule has 2 rings (SSSR count). The fourth-order valence-electron chi connectivity index (χ4n) is 1.61. The van der Waals surface area contributed by atoms with Gasteiger partial charge in [0.2, 0.25) is 0 Å². The van der Waals surface area contributed by atoms with Crippen LogP contribution in [-0.2, 0) is 0 Å². The van der Waals surface area contributed by atoms with Crippen molar-refractivity contribution < 1.29 is 0 Å². The van der Waals surface area contributed by atoms with Crippen LogP contribution < -0.4 is 15.5 Å². The summed E-state index contributed by atoms with van der Waals surface area (Å²) in [5.74, 6) is 0.866. The van der Waals surface area contributed by atoms with Crippen molar-refractivity contribution in [1.82, 2.24) is 5.32 Å². The molecule has 0 aromatic heterocycles. The molecule has 0 saturated heterocycles. The van der Waals surface area contributed by atoms with Crippen LogP contribution in [-0.4, -0.2) is 32.6 Å². The van der Waals surface area contributed by atoms with Crippen molar-refractivity contribution in [3.8, 4) is 0 Å². The number of anilines is 2. The maximum absolute atomic E-state index is 4.35. The van der Waals surface area contributed by atoms with Crippen molar-refractivity contribution in [2.45, 2.75) is 13.0 Å². The first kappa shape index (κ1) is 10.8. The summed E-state index contributed by atoms with van der Waals surface area (Å²) >= 11 is 0. The predicted molar refractivity (Wildman–Crippen MR) is 69.3 cm³/mol. The van der Waals surface area contributed by atoms with Gasteiger partial charge in [-0.25, -0.2) is 0 Å². The molecule has 0 saturated carbocycles. The smallest absolute Gasteiger partial charge is 0.196 e. The first-order chi connectivity index (χ1) is 7.65. The van der Waals surface area contributed by atoms with E-state index in [-0.39, 0.29) is 0 Å². The first-order valence-electron chi connectivity index (χ1n) is 5.50. The van der Waals surface area contributed by atoms with E-state index in [0.717, 1.165) is 18.2 Å². The van der Waals surface area contributed by atoms with Gasteiger partial charge in [-0.15, -0.1) is 0 Å². The van der Waals surface area contributed by atoms with Gasteiger partial charge in [-0.3, -0.25) is 4.99 Å². The van der Waals surface area contributed by atoms with Crippen molar-refractivity contribution in [2.75, 3.05) is 30.9 Å². The van der Waals surface area contributed by atoms with Crippen LogP contribution in [0.1, 0.15) is 6.92 Å². The summed E-state index contributed by atoms with van der Waals surface area (Å²) in [6, 6.07) is 8.72. The van der Waals surface area contributed by atoms with Gasteiger partial charge in [0, 0.05) is 31.5 Å². The molecule has 4 nitrogen and oxygen atoms in total. The molecule has 0 bridgehead atoms. The van der Waals surface area contributed by atoms with E-state index in [9.17, 15) is 0 Å². The lowest BCUT2D eigenvalue weighted by Crippen LogP contribution is -2.32. The quantitative estimate of drug-likeness (QED) is 0.790. The highest BCUT2D eigenvalue weighted by atomic mass is 15.2. The third-order valence-corrected chi connectivity index (χ3v) is 2.55. The van der Waals surface area contributed by atoms with Crippen LogP contribution in [0.4, 0.5) is 11.4 Å². The Morgan fingerprint density at radius 3 is 2.50 bits per heavy atom. The second kappa shape index (κ2) is 4.43. The summed E-state index contributed by atoms with van der Waals surface area (Å²) in [4.78, 5) is 6.43. The summed E-state index contributed by atoms with van der Waals surface area (Å²) in [7, 11) is 4.07. The van der Waals surface area contributed by atoms with Crippen molar-refractivity contribution in [1.29, 1.82) is 0 Å². The molecule has 0 amide bonds. The van der Waals surface area contributed by atoms with Crippen LogP contribution in [0.2, 0.25) is 0 Å². The average molecular weight is 218 g/mol. The van der Waals surface area contributed by atoms with Crippen molar-refractivity contribution in [3.63, 3.8) is 0 Å². The molecule has 86 valence electrons. The lowest BCUT2D eigenvalue weighted by molar-refractivity contribution is 0.725. The average Bonchev–Trinajstić information content (AvgIpc) is 2.65. The fraction of sp³-hybridized carbons (Fsp3) is 0.417. The van der Waals surface area contributed by atoms with Gasteiger partial charge in [-0.1, -0.05) is 0 Å². The maximum atomic E-state index is 4.35. The van der Waals surface area contributed by atoms with Gasteiger partial charge in [0.05, 0.1) is 6.54 Å². The Bertz CT molecular complexity index is 381. The van der Waals surface area contributed by atoms with E-state index in [1.165, 1.54) is 5.69 Å². The number of nitrogens with one attached hydrogen (secondary N) is 2. The molecule has 1 heterocycles. The number of guanidine groups is 1. The Kier molecular flexibility index (Phi) is 2.99. The topological polar surface area (TPSA) is 39.7 Å². The molecule has 1 aliphatic heterocycles. The van der Waals surface area contributed by atoms with Crippen molar-refractivity contribution >= 4 is 17.3 Å². The molecular weight excluding hydrogens is 200 g/mol. The maximum Gasteiger partial charge on any atom is 0.196 e. The molecule has 16 heavy (non-hydrogen) atoms. The summed E-state index contributed by atoms with van der Waals surface area (Å²) in [5.41, 5.74) is 2.26. The molecule has 0 aliphatic carbocycles. The number of nitrogens with zero attached hydrogens (tertiary/aromatic N) is 2. The SMILES string of the molecule is CC1CN=C(Nc2ccc(N(C)C)cc2)N1. The van der Waals surface area contributed by atoms with Gasteiger partial charge < -0.3 is 15.5 Å². The number of aliphatic imine (C=N–C) groups is 1. The molecule has 4 heteroatoms. The van der Waals surface area contributed by atoms with Gasteiger partial charge in [-0.05, 0) is 31.2 Å². The highest BCUT2D eigenvalue weighted by Gasteiger charge is 2.11. The van der Waals surface area contributed by atoms with Gasteiger partial charge in [-0.2, -0.15) is 0 Å². The Hall–Kier alpha value is -1.71. The Labute approximate surface area is 96.4 Å². The van der Waals surface area contributed by atoms with Crippen LogP contribution in [0.3, 0.4) is 0 Å². The molecule has 0 spiro atoms. The zero-order chi connectivity index (χ0) is 11.5. The first-order valence-corrected chi connectivity index (χ1v) is 5.50. The third kappa shape index (κ3) is 2.45. The monoisotopic (exact) mass is 218 g/mol. The van der Waals surface area contributed by atoms with E-state index in [1.54, 1.807) is 0 Å². The minimum absolute atomic E-state index is 0.434. The van der Waals surface area contributed by atoms with Crippen molar-refractivity contribution in [2.24, 2.45) is 4.99 Å². The molecule has 1 aliphatic rings. The normalized spacial score (nSPS) is 18.9. The zero-order valence-corrected chi connectivity index (χ0v) is 9.99. The van der Waals surface area contributed by atoms with Crippen LogP contribution in [0.15, 0.2) is 29.3 Å². The second-order valence-electron chi connectivity index (χ2n) is 4.30. The number of hydrogen-bond acceptors (Lipinski definition) is 4. The fourth-order valence-corrected chi connectivity index (χ4v) is 1.61. The van der Waals surface area contributed by atoms with Gasteiger partial charge in [0.25, 0.3) is 0 Å². The minimum Gasteiger partial charge on any atom is -0.378 e. The highest BCUT2D eigenvalue weighted by Crippen LogP contribution is 2.15. The molecule has 1 aromatic carbocycles. The van der Waals surface area contributed by atoms with Crippen LogP contribution in [0, 0.1) is 0 Å². The Morgan fingerprint density at radius 2 is 2.00 bits per heavy atom. The lowest BCUT2D eigenvalue weighted by atomic mass is 10.2. The highest BCUT2D eigenvalue weighted by molar-refractivity contribution is 5.95. The van der Waals surface area contributed by atoms with Crippen molar-refractivity contribution in [3.05, 3.63) is 24.3 Å². The molecule has 2 N–H and O–H groups in total. The number of benzene rings is 1. The summed E-state index contributed by atoms with van der Waals surface area (Å²) < 4.78 is 0. The largest absolute Gasteiger partial charge is 0.378 e. The number of hydrogen-bond donors (Lipinski definition) is 2. The van der Waals surface area contributed by atoms with E-state index in [1.807, 2.05) is 14.1 Å². The molecule has 1 aromatic rings. The van der Waals surface area contributed by atoms with Gasteiger partial charge in [0.15, 0.2) is 5.96 Å².